The van der Waals surface area contributed by atoms with Crippen molar-refractivity contribution in [3.05, 3.63) is 25.3 Å². The summed E-state index contributed by atoms with van der Waals surface area (Å²) in [5.41, 5.74) is 0. The van der Waals surface area contributed by atoms with Gasteiger partial charge in [-0.1, -0.05) is 25.3 Å². The van der Waals surface area contributed by atoms with Gasteiger partial charge in [0.1, 0.15) is 19.3 Å². The van der Waals surface area contributed by atoms with Gasteiger partial charge in [-0.3, -0.25) is 0 Å². The molecule has 2 amide bonds. The van der Waals surface area contributed by atoms with Crippen LogP contribution in [-0.4, -0.2) is 72.3 Å². The van der Waals surface area contributed by atoms with Crippen LogP contribution < -0.4 is 0 Å². The molecular weight excluding hydrogens is 296 g/mol. The fourth-order valence-electron chi connectivity index (χ4n) is 1.83. The van der Waals surface area contributed by atoms with E-state index in [1.54, 1.807) is 0 Å². The largest absolute Gasteiger partial charge is 0.467 e. The summed E-state index contributed by atoms with van der Waals surface area (Å²) in [6.07, 6.45) is -0.621. The molecule has 0 aromatic rings. The van der Waals surface area contributed by atoms with E-state index in [2.05, 4.69) is 17.9 Å². The zero-order valence-electron chi connectivity index (χ0n) is 12.1. The average molecular weight is 314 g/mol. The monoisotopic (exact) mass is 314 g/mol. The Balaban J connectivity index is 3.00. The van der Waals surface area contributed by atoms with Crippen LogP contribution in [0.3, 0.4) is 0 Å². The molecule has 0 radical (unpaired) electrons. The molecule has 1 aliphatic heterocycles. The normalized spacial score (nSPS) is 20.3. The minimum absolute atomic E-state index is 0.0934. The fourth-order valence-corrected chi connectivity index (χ4v) is 1.83. The standard InChI is InChI=1S/C13H18N2O7/c1-4-6-21-12(18)14-8-9(16)10(11(17)20-3)15(14)13(19)22-7-5-2/h4-5,9-10,16H,1-2,6-8H2,3H3. The maximum Gasteiger partial charge on any atom is 0.430 e. The Bertz CT molecular complexity index is 465. The number of ether oxygens (including phenoxy) is 3. The Morgan fingerprint density at radius 1 is 1.18 bits per heavy atom. The Morgan fingerprint density at radius 3 is 2.23 bits per heavy atom. The van der Waals surface area contributed by atoms with Crippen LogP contribution in [0.5, 0.6) is 0 Å². The van der Waals surface area contributed by atoms with E-state index in [0.717, 1.165) is 12.1 Å². The highest BCUT2D eigenvalue weighted by Crippen LogP contribution is 2.22. The van der Waals surface area contributed by atoms with Gasteiger partial charge in [0.15, 0.2) is 6.04 Å². The number of aliphatic hydroxyl groups is 1. The van der Waals surface area contributed by atoms with Gasteiger partial charge in [-0.05, 0) is 0 Å². The van der Waals surface area contributed by atoms with Crippen molar-refractivity contribution in [1.82, 2.24) is 10.0 Å². The molecule has 1 aliphatic rings. The Hall–Kier alpha value is -2.55. The lowest BCUT2D eigenvalue weighted by Gasteiger charge is -2.28. The minimum atomic E-state index is -1.40. The molecule has 0 aliphatic carbocycles. The maximum atomic E-state index is 12.0. The molecule has 1 N–H and O–H groups in total. The third-order valence-electron chi connectivity index (χ3n) is 2.74. The van der Waals surface area contributed by atoms with Crippen LogP contribution >= 0.6 is 0 Å². The van der Waals surface area contributed by atoms with Gasteiger partial charge in [0.25, 0.3) is 0 Å². The van der Waals surface area contributed by atoms with E-state index in [1.165, 1.54) is 12.2 Å². The van der Waals surface area contributed by atoms with Gasteiger partial charge in [-0.2, -0.15) is 5.01 Å². The van der Waals surface area contributed by atoms with E-state index in [9.17, 15) is 19.5 Å². The van der Waals surface area contributed by atoms with E-state index in [0.29, 0.717) is 5.01 Å². The summed E-state index contributed by atoms with van der Waals surface area (Å²) >= 11 is 0. The summed E-state index contributed by atoms with van der Waals surface area (Å²) in [4.78, 5) is 35.7. The first-order chi connectivity index (χ1) is 10.5. The second-order valence-corrected chi connectivity index (χ2v) is 4.19. The van der Waals surface area contributed by atoms with Crippen molar-refractivity contribution in [3.8, 4) is 0 Å². The van der Waals surface area contributed by atoms with Crippen LogP contribution in [0.15, 0.2) is 25.3 Å². The highest BCUT2D eigenvalue weighted by atomic mass is 16.6. The van der Waals surface area contributed by atoms with Crippen LogP contribution in [0, 0.1) is 0 Å². The molecule has 0 aromatic carbocycles. The van der Waals surface area contributed by atoms with Gasteiger partial charge >= 0.3 is 18.2 Å². The van der Waals surface area contributed by atoms with Crippen molar-refractivity contribution in [2.24, 2.45) is 0 Å². The molecule has 122 valence electrons. The highest BCUT2D eigenvalue weighted by Gasteiger charge is 2.50. The van der Waals surface area contributed by atoms with E-state index >= 15 is 0 Å². The molecular formula is C13H18N2O7. The van der Waals surface area contributed by atoms with Crippen molar-refractivity contribution in [2.75, 3.05) is 26.9 Å². The number of hydrogen-bond acceptors (Lipinski definition) is 7. The fraction of sp³-hybridized carbons (Fsp3) is 0.462. The van der Waals surface area contributed by atoms with Gasteiger partial charge < -0.3 is 19.3 Å². The third-order valence-corrected chi connectivity index (χ3v) is 2.74. The lowest BCUT2D eigenvalue weighted by atomic mass is 10.2. The zero-order chi connectivity index (χ0) is 16.7. The van der Waals surface area contributed by atoms with Crippen molar-refractivity contribution in [1.29, 1.82) is 0 Å². The molecule has 0 spiro atoms. The quantitative estimate of drug-likeness (QED) is 0.435. The van der Waals surface area contributed by atoms with Crippen LogP contribution in [0.1, 0.15) is 0 Å². The van der Waals surface area contributed by atoms with Gasteiger partial charge in [-0.15, -0.1) is 0 Å². The smallest absolute Gasteiger partial charge is 0.430 e. The first-order valence-corrected chi connectivity index (χ1v) is 6.35. The number of nitrogens with zero attached hydrogens (tertiary/aromatic N) is 2. The van der Waals surface area contributed by atoms with Gasteiger partial charge in [0.2, 0.25) is 0 Å². The maximum absolute atomic E-state index is 12.0. The van der Waals surface area contributed by atoms with Crippen LogP contribution in [-0.2, 0) is 19.0 Å². The van der Waals surface area contributed by atoms with E-state index in [-0.39, 0.29) is 19.8 Å². The van der Waals surface area contributed by atoms with Crippen LogP contribution in [0.4, 0.5) is 9.59 Å². The molecule has 0 bridgehead atoms. The van der Waals surface area contributed by atoms with E-state index in [4.69, 9.17) is 9.47 Å². The van der Waals surface area contributed by atoms with Crippen LogP contribution in [0.25, 0.3) is 0 Å². The summed E-state index contributed by atoms with van der Waals surface area (Å²) in [5.74, 6) is -0.887. The molecule has 0 aromatic heterocycles. The molecule has 9 nitrogen and oxygen atoms in total. The molecule has 1 fully saturated rings. The molecule has 1 rings (SSSR count). The summed E-state index contributed by atoms with van der Waals surface area (Å²) in [6.45, 7) is 6.23. The Kier molecular flexibility index (Phi) is 6.39. The number of esters is 1. The average Bonchev–Trinajstić information content (AvgIpc) is 2.86. The summed E-state index contributed by atoms with van der Waals surface area (Å²) in [5, 5.41) is 11.4. The van der Waals surface area contributed by atoms with Crippen molar-refractivity contribution in [2.45, 2.75) is 12.1 Å². The lowest BCUT2D eigenvalue weighted by molar-refractivity contribution is -0.150. The predicted molar refractivity (Wildman–Crippen MR) is 73.4 cm³/mol. The number of carbonyl (C=O) groups excluding carboxylic acids is 3. The topological polar surface area (TPSA) is 106 Å². The number of amides is 2. The Morgan fingerprint density at radius 2 is 1.73 bits per heavy atom. The van der Waals surface area contributed by atoms with E-state index < -0.39 is 30.3 Å². The molecule has 22 heavy (non-hydrogen) atoms. The third kappa shape index (κ3) is 3.76. The molecule has 1 heterocycles. The number of carbonyl (C=O) groups is 3. The molecule has 1 saturated heterocycles. The molecule has 9 heteroatoms. The highest BCUT2D eigenvalue weighted by molar-refractivity contribution is 5.85. The van der Waals surface area contributed by atoms with Crippen molar-refractivity contribution >= 4 is 18.2 Å². The second-order valence-electron chi connectivity index (χ2n) is 4.19. The first-order valence-electron chi connectivity index (χ1n) is 6.35. The number of rotatable bonds is 5. The number of hydrazine groups is 1. The second kappa shape index (κ2) is 8.03. The first kappa shape index (κ1) is 17.5. The van der Waals surface area contributed by atoms with E-state index in [1.807, 2.05) is 0 Å². The molecule has 2 unspecified atom stereocenters. The SMILES string of the molecule is C=CCOC(=O)N1CC(O)C(C(=O)OC)N1C(=O)OCC=C. The molecule has 0 saturated carbocycles. The lowest BCUT2D eigenvalue weighted by Crippen LogP contribution is -2.52. The van der Waals surface area contributed by atoms with Gasteiger partial charge in [0, 0.05) is 0 Å². The van der Waals surface area contributed by atoms with Crippen molar-refractivity contribution in [3.63, 3.8) is 0 Å². The minimum Gasteiger partial charge on any atom is -0.467 e. The number of methoxy groups -OCH3 is 1. The van der Waals surface area contributed by atoms with Crippen LogP contribution in [0.2, 0.25) is 0 Å². The number of β-amino-alcohol motifs (C(OH)–C–C–N with tert-alkyl or cyclic N) is 1. The van der Waals surface area contributed by atoms with Crippen molar-refractivity contribution < 1.29 is 33.7 Å². The summed E-state index contributed by atoms with van der Waals surface area (Å²) < 4.78 is 14.2. The molecule has 2 atom stereocenters. The number of hydrogen-bond donors (Lipinski definition) is 1. The summed E-state index contributed by atoms with van der Waals surface area (Å²) in [6, 6.07) is -1.40. The summed E-state index contributed by atoms with van der Waals surface area (Å²) in [7, 11) is 1.10. The zero-order valence-corrected chi connectivity index (χ0v) is 12.1. The Labute approximate surface area is 127 Å². The predicted octanol–water partition coefficient (Wildman–Crippen LogP) is 0.0667. The van der Waals surface area contributed by atoms with Gasteiger partial charge in [-0.25, -0.2) is 19.4 Å². The van der Waals surface area contributed by atoms with Gasteiger partial charge in [0.05, 0.1) is 13.7 Å². The number of aliphatic hydroxyl groups excluding tert-OH is 1.